The molecule has 0 aliphatic rings. The molecule has 3 N–H and O–H groups in total. The Morgan fingerprint density at radius 1 is 1.38 bits per heavy atom. The summed E-state index contributed by atoms with van der Waals surface area (Å²) in [7, 11) is 1.48. The van der Waals surface area contributed by atoms with Crippen LogP contribution >= 0.6 is 0 Å². The highest BCUT2D eigenvalue weighted by molar-refractivity contribution is 6.07. The van der Waals surface area contributed by atoms with E-state index in [0.29, 0.717) is 18.2 Å². The smallest absolute Gasteiger partial charge is 0.383 e. The van der Waals surface area contributed by atoms with Crippen LogP contribution in [0.15, 0.2) is 24.4 Å². The van der Waals surface area contributed by atoms with E-state index in [9.17, 15) is 22.4 Å². The maximum atomic E-state index is 13.5. The number of alkyl halides is 3. The number of hydrogen-bond donors (Lipinski definition) is 2. The van der Waals surface area contributed by atoms with Crippen LogP contribution in [0.5, 0.6) is 0 Å². The Morgan fingerprint density at radius 2 is 2.05 bits per heavy atom. The number of halogens is 4. The first-order valence-corrected chi connectivity index (χ1v) is 5.65. The minimum atomic E-state index is -4.64. The largest absolute Gasteiger partial charge is 0.416 e. The number of hydrogen-bond acceptors (Lipinski definition) is 3. The number of nitrogens with one attached hydrogen (secondary N) is 1. The monoisotopic (exact) mass is 302 g/mol. The van der Waals surface area contributed by atoms with Crippen molar-refractivity contribution in [3.05, 3.63) is 41.3 Å². The molecule has 21 heavy (non-hydrogen) atoms. The Bertz CT molecular complexity index is 693. The molecule has 0 fully saturated rings. The Morgan fingerprint density at radius 3 is 2.57 bits per heavy atom. The zero-order valence-corrected chi connectivity index (χ0v) is 10.7. The van der Waals surface area contributed by atoms with E-state index in [1.807, 2.05) is 5.32 Å². The van der Waals surface area contributed by atoms with Crippen molar-refractivity contribution in [2.75, 3.05) is 11.1 Å². The third-order valence-electron chi connectivity index (χ3n) is 2.77. The van der Waals surface area contributed by atoms with E-state index in [4.69, 9.17) is 5.73 Å². The van der Waals surface area contributed by atoms with Gasteiger partial charge in [-0.25, -0.2) is 4.39 Å². The summed E-state index contributed by atoms with van der Waals surface area (Å²) in [6, 6.07) is 1.73. The number of aromatic nitrogens is 2. The fourth-order valence-corrected chi connectivity index (χ4v) is 1.61. The Kier molecular flexibility index (Phi) is 3.58. The highest BCUT2D eigenvalue weighted by Crippen LogP contribution is 2.32. The van der Waals surface area contributed by atoms with Gasteiger partial charge in [0.1, 0.15) is 17.2 Å². The quantitative estimate of drug-likeness (QED) is 0.837. The van der Waals surface area contributed by atoms with Gasteiger partial charge in [0.15, 0.2) is 0 Å². The number of anilines is 2. The molecule has 0 saturated carbocycles. The first kappa shape index (κ1) is 14.8. The van der Waals surface area contributed by atoms with Gasteiger partial charge in [0, 0.05) is 7.05 Å². The van der Waals surface area contributed by atoms with E-state index in [2.05, 4.69) is 5.10 Å². The molecule has 0 radical (unpaired) electrons. The van der Waals surface area contributed by atoms with Gasteiger partial charge < -0.3 is 11.1 Å². The summed E-state index contributed by atoms with van der Waals surface area (Å²) in [5.74, 6) is -1.82. The van der Waals surface area contributed by atoms with Gasteiger partial charge in [-0.2, -0.15) is 18.3 Å². The highest BCUT2D eigenvalue weighted by atomic mass is 19.4. The maximum absolute atomic E-state index is 13.5. The number of nitrogen functional groups attached to an aromatic ring is 1. The van der Waals surface area contributed by atoms with Crippen LogP contribution in [0.2, 0.25) is 0 Å². The molecule has 2 aromatic rings. The van der Waals surface area contributed by atoms with Gasteiger partial charge in [0.05, 0.1) is 17.4 Å². The highest BCUT2D eigenvalue weighted by Gasteiger charge is 2.31. The molecular weight excluding hydrogens is 292 g/mol. The van der Waals surface area contributed by atoms with Gasteiger partial charge >= 0.3 is 6.18 Å². The summed E-state index contributed by atoms with van der Waals surface area (Å²) in [5, 5.41) is 5.76. The Labute approximate surface area is 116 Å². The predicted octanol–water partition coefficient (Wildman–Crippen LogP) is 2.41. The third-order valence-corrected chi connectivity index (χ3v) is 2.77. The normalized spacial score (nSPS) is 11.5. The number of carbonyl (C=O) groups excluding carboxylic acids is 1. The molecule has 0 bridgehead atoms. The van der Waals surface area contributed by atoms with Crippen molar-refractivity contribution < 1.29 is 22.4 Å². The summed E-state index contributed by atoms with van der Waals surface area (Å²) in [4.78, 5) is 11.9. The fourth-order valence-electron chi connectivity index (χ4n) is 1.61. The fraction of sp³-hybridized carbons (Fsp3) is 0.167. The molecule has 0 atom stereocenters. The summed E-state index contributed by atoms with van der Waals surface area (Å²) in [6.45, 7) is 0. The molecule has 1 aromatic heterocycles. The Hall–Kier alpha value is -2.58. The molecule has 9 heteroatoms. The molecule has 0 aliphatic carbocycles. The summed E-state index contributed by atoms with van der Waals surface area (Å²) in [6.07, 6.45) is -3.50. The van der Waals surface area contributed by atoms with Crippen molar-refractivity contribution in [2.45, 2.75) is 6.18 Å². The third kappa shape index (κ3) is 2.96. The van der Waals surface area contributed by atoms with Gasteiger partial charge in [-0.3, -0.25) is 9.48 Å². The number of aryl methyl sites for hydroxylation is 1. The Balaban J connectivity index is 2.31. The number of rotatable bonds is 2. The van der Waals surface area contributed by atoms with Gasteiger partial charge in [-0.15, -0.1) is 0 Å². The van der Waals surface area contributed by atoms with E-state index in [1.165, 1.54) is 11.7 Å². The molecule has 0 aliphatic heterocycles. The van der Waals surface area contributed by atoms with Gasteiger partial charge in [0.2, 0.25) is 0 Å². The van der Waals surface area contributed by atoms with Crippen molar-refractivity contribution in [1.82, 2.24) is 9.78 Å². The van der Waals surface area contributed by atoms with Crippen LogP contribution in [0.3, 0.4) is 0 Å². The first-order chi connectivity index (χ1) is 9.70. The second kappa shape index (κ2) is 5.08. The first-order valence-electron chi connectivity index (χ1n) is 5.65. The molecular formula is C12H10F4N4O. The second-order valence-corrected chi connectivity index (χ2v) is 4.21. The van der Waals surface area contributed by atoms with Crippen LogP contribution in [-0.2, 0) is 13.2 Å². The van der Waals surface area contributed by atoms with Crippen LogP contribution in [-0.4, -0.2) is 15.7 Å². The molecule has 0 saturated heterocycles. The lowest BCUT2D eigenvalue weighted by molar-refractivity contribution is -0.137. The lowest BCUT2D eigenvalue weighted by atomic mass is 10.1. The predicted molar refractivity (Wildman–Crippen MR) is 67.0 cm³/mol. The van der Waals surface area contributed by atoms with Crippen LogP contribution in [0.4, 0.5) is 29.1 Å². The van der Waals surface area contributed by atoms with Crippen LogP contribution < -0.4 is 11.1 Å². The summed E-state index contributed by atoms with van der Waals surface area (Å²) >= 11 is 0. The lowest BCUT2D eigenvalue weighted by Crippen LogP contribution is -2.16. The van der Waals surface area contributed by atoms with E-state index in [1.54, 1.807) is 0 Å². The van der Waals surface area contributed by atoms with Crippen molar-refractivity contribution in [3.8, 4) is 0 Å². The molecule has 0 unspecified atom stereocenters. The molecule has 2 rings (SSSR count). The summed E-state index contributed by atoms with van der Waals surface area (Å²) < 4.78 is 52.4. The number of nitrogens with zero attached hydrogens (tertiary/aromatic N) is 2. The standard InChI is InChI=1S/C12H10F4N4O/c1-20-10(17)7(5-18-20)11(21)19-9-4-6(12(14,15)16)2-3-8(9)13/h2-5H,17H2,1H3,(H,19,21). The average Bonchev–Trinajstić information content (AvgIpc) is 2.71. The molecule has 1 aromatic carbocycles. The minimum Gasteiger partial charge on any atom is -0.383 e. The number of nitrogens with two attached hydrogens (primary N) is 1. The minimum absolute atomic E-state index is 0.0138. The number of amides is 1. The van der Waals surface area contributed by atoms with Crippen molar-refractivity contribution in [1.29, 1.82) is 0 Å². The van der Waals surface area contributed by atoms with E-state index in [-0.39, 0.29) is 11.4 Å². The van der Waals surface area contributed by atoms with Crippen molar-refractivity contribution in [2.24, 2.45) is 7.05 Å². The van der Waals surface area contributed by atoms with E-state index < -0.39 is 29.2 Å². The average molecular weight is 302 g/mol. The van der Waals surface area contributed by atoms with Gasteiger partial charge in [-0.1, -0.05) is 0 Å². The van der Waals surface area contributed by atoms with Crippen LogP contribution in [0.1, 0.15) is 15.9 Å². The number of carbonyl (C=O) groups is 1. The molecule has 5 nitrogen and oxygen atoms in total. The van der Waals surface area contributed by atoms with Crippen LogP contribution in [0, 0.1) is 5.82 Å². The van der Waals surface area contributed by atoms with Gasteiger partial charge in [-0.05, 0) is 18.2 Å². The van der Waals surface area contributed by atoms with Gasteiger partial charge in [0.25, 0.3) is 5.91 Å². The topological polar surface area (TPSA) is 72.9 Å². The zero-order chi connectivity index (χ0) is 15.8. The van der Waals surface area contributed by atoms with E-state index >= 15 is 0 Å². The van der Waals surface area contributed by atoms with Crippen molar-refractivity contribution in [3.63, 3.8) is 0 Å². The maximum Gasteiger partial charge on any atom is 0.416 e. The lowest BCUT2D eigenvalue weighted by Gasteiger charge is -2.10. The molecule has 0 spiro atoms. The van der Waals surface area contributed by atoms with E-state index in [0.717, 1.165) is 6.20 Å². The molecule has 112 valence electrons. The molecule has 1 heterocycles. The SMILES string of the molecule is Cn1ncc(C(=O)Nc2cc(C(F)(F)F)ccc2F)c1N. The zero-order valence-electron chi connectivity index (χ0n) is 10.7. The second-order valence-electron chi connectivity index (χ2n) is 4.21. The number of benzene rings is 1. The van der Waals surface area contributed by atoms with Crippen LogP contribution in [0.25, 0.3) is 0 Å². The van der Waals surface area contributed by atoms with Crippen molar-refractivity contribution >= 4 is 17.4 Å². The molecule has 1 amide bonds. The summed E-state index contributed by atoms with van der Waals surface area (Å²) in [5.41, 5.74) is 3.84.